The van der Waals surface area contributed by atoms with Crippen molar-refractivity contribution in [2.24, 2.45) is 11.1 Å². The highest BCUT2D eigenvalue weighted by Gasteiger charge is 2.35. The number of benzene rings is 1. The van der Waals surface area contributed by atoms with Crippen LogP contribution in [0.2, 0.25) is 0 Å². The quantitative estimate of drug-likeness (QED) is 0.617. The van der Waals surface area contributed by atoms with E-state index in [0.29, 0.717) is 5.69 Å². The van der Waals surface area contributed by atoms with Crippen LogP contribution in [0, 0.1) is 15.5 Å². The molecule has 0 atom stereocenters. The van der Waals surface area contributed by atoms with Crippen LogP contribution in [0.15, 0.2) is 18.2 Å². The Morgan fingerprint density at radius 1 is 1.50 bits per heavy atom. The van der Waals surface area contributed by atoms with Crippen LogP contribution in [0.5, 0.6) is 0 Å². The van der Waals surface area contributed by atoms with Crippen molar-refractivity contribution in [2.75, 3.05) is 11.9 Å². The van der Waals surface area contributed by atoms with E-state index in [2.05, 4.69) is 12.2 Å². The first kappa shape index (κ1) is 14.3. The third-order valence-electron chi connectivity index (χ3n) is 4.30. The molecule has 1 aliphatic carbocycles. The molecule has 0 saturated heterocycles. The van der Waals surface area contributed by atoms with Gasteiger partial charge in [-0.2, -0.15) is 0 Å². The number of nitrogens with one attached hydrogen (secondary N) is 1. The highest BCUT2D eigenvalue weighted by atomic mass is 16.6. The van der Waals surface area contributed by atoms with Gasteiger partial charge in [0.05, 0.1) is 4.92 Å². The highest BCUT2D eigenvalue weighted by Crippen LogP contribution is 2.44. The van der Waals surface area contributed by atoms with Gasteiger partial charge in [-0.15, -0.1) is 0 Å². The Morgan fingerprint density at radius 3 is 2.65 bits per heavy atom. The number of carbonyl (C=O) groups is 1. The van der Waals surface area contributed by atoms with Crippen molar-refractivity contribution in [2.45, 2.75) is 32.6 Å². The molecule has 0 heterocycles. The van der Waals surface area contributed by atoms with E-state index in [-0.39, 0.29) is 16.7 Å². The molecule has 1 fully saturated rings. The fraction of sp³-hybridized carbons (Fsp3) is 0.500. The number of anilines is 1. The van der Waals surface area contributed by atoms with E-state index in [1.54, 1.807) is 6.07 Å². The van der Waals surface area contributed by atoms with E-state index in [4.69, 9.17) is 5.73 Å². The number of nitro benzene ring substituents is 1. The lowest BCUT2D eigenvalue weighted by Crippen LogP contribution is -2.36. The van der Waals surface area contributed by atoms with Crippen LogP contribution in [0.1, 0.15) is 43.0 Å². The number of hydrogen-bond donors (Lipinski definition) is 2. The van der Waals surface area contributed by atoms with Gasteiger partial charge in [-0.05, 0) is 36.8 Å². The third-order valence-corrected chi connectivity index (χ3v) is 4.30. The van der Waals surface area contributed by atoms with Crippen LogP contribution < -0.4 is 11.1 Å². The second-order valence-corrected chi connectivity index (χ2v) is 5.41. The predicted molar refractivity (Wildman–Crippen MR) is 76.7 cm³/mol. The monoisotopic (exact) mass is 277 g/mol. The second-order valence-electron chi connectivity index (χ2n) is 5.41. The van der Waals surface area contributed by atoms with Crippen LogP contribution in [0.4, 0.5) is 11.4 Å². The first-order chi connectivity index (χ1) is 9.47. The van der Waals surface area contributed by atoms with Gasteiger partial charge < -0.3 is 11.1 Å². The molecule has 6 heteroatoms. The molecule has 0 aromatic heterocycles. The van der Waals surface area contributed by atoms with E-state index in [1.807, 2.05) is 0 Å². The average Bonchev–Trinajstić information content (AvgIpc) is 2.37. The number of nitro groups is 1. The van der Waals surface area contributed by atoms with Crippen LogP contribution in [-0.2, 0) is 0 Å². The van der Waals surface area contributed by atoms with E-state index >= 15 is 0 Å². The van der Waals surface area contributed by atoms with Crippen molar-refractivity contribution in [1.29, 1.82) is 0 Å². The van der Waals surface area contributed by atoms with E-state index < -0.39 is 10.8 Å². The summed E-state index contributed by atoms with van der Waals surface area (Å²) in [6, 6.07) is 4.29. The molecule has 1 aromatic rings. The fourth-order valence-electron chi connectivity index (χ4n) is 2.60. The summed E-state index contributed by atoms with van der Waals surface area (Å²) in [5.41, 5.74) is 5.90. The van der Waals surface area contributed by atoms with Crippen molar-refractivity contribution in [3.8, 4) is 0 Å². The largest absolute Gasteiger partial charge is 0.379 e. The van der Waals surface area contributed by atoms with Gasteiger partial charge in [0.1, 0.15) is 5.69 Å². The maximum atomic E-state index is 11.1. The van der Waals surface area contributed by atoms with Gasteiger partial charge in [-0.25, -0.2) is 0 Å². The molecule has 0 bridgehead atoms. The molecule has 1 aliphatic rings. The van der Waals surface area contributed by atoms with E-state index in [1.165, 1.54) is 18.6 Å². The molecule has 20 heavy (non-hydrogen) atoms. The Hall–Kier alpha value is -2.11. The average molecular weight is 277 g/mol. The van der Waals surface area contributed by atoms with Gasteiger partial charge in [0, 0.05) is 18.2 Å². The summed E-state index contributed by atoms with van der Waals surface area (Å²) >= 11 is 0. The minimum atomic E-state index is -0.663. The zero-order chi connectivity index (χ0) is 14.8. The van der Waals surface area contributed by atoms with Crippen molar-refractivity contribution < 1.29 is 9.72 Å². The molecule has 2 rings (SSSR count). The van der Waals surface area contributed by atoms with Crippen LogP contribution in [0.25, 0.3) is 0 Å². The van der Waals surface area contributed by atoms with Gasteiger partial charge in [-0.1, -0.05) is 13.3 Å². The Bertz CT molecular complexity index is 533. The Balaban J connectivity index is 2.18. The molecule has 6 nitrogen and oxygen atoms in total. The van der Waals surface area contributed by atoms with Crippen LogP contribution >= 0.6 is 0 Å². The predicted octanol–water partition coefficient (Wildman–Crippen LogP) is 2.69. The van der Waals surface area contributed by atoms with Gasteiger partial charge >= 0.3 is 0 Å². The molecule has 0 radical (unpaired) electrons. The summed E-state index contributed by atoms with van der Waals surface area (Å²) in [6.45, 7) is 2.87. The maximum absolute atomic E-state index is 11.1. The number of carbonyl (C=O) groups excluding carboxylic acids is 1. The minimum absolute atomic E-state index is 0.105. The van der Waals surface area contributed by atoms with Gasteiger partial charge in [0.15, 0.2) is 0 Å². The lowest BCUT2D eigenvalue weighted by Gasteiger charge is -2.41. The van der Waals surface area contributed by atoms with Gasteiger partial charge in [0.25, 0.3) is 5.69 Å². The number of nitrogens with zero attached hydrogens (tertiary/aromatic N) is 1. The summed E-state index contributed by atoms with van der Waals surface area (Å²) in [7, 11) is 0. The Labute approximate surface area is 117 Å². The SMILES string of the molecule is CCC1(CNc2ccc(C(N)=O)cc2[N+](=O)[O-])CCC1. The molecule has 1 amide bonds. The van der Waals surface area contributed by atoms with E-state index in [9.17, 15) is 14.9 Å². The first-order valence-electron chi connectivity index (χ1n) is 6.79. The normalized spacial score (nSPS) is 16.2. The number of nitrogens with two attached hydrogens (primary N) is 1. The van der Waals surface area contributed by atoms with Crippen LogP contribution in [-0.4, -0.2) is 17.4 Å². The number of hydrogen-bond acceptors (Lipinski definition) is 4. The fourth-order valence-corrected chi connectivity index (χ4v) is 2.60. The topological polar surface area (TPSA) is 98.3 Å². The molecule has 0 spiro atoms. The number of rotatable bonds is 6. The molecule has 0 unspecified atom stereocenters. The summed E-state index contributed by atoms with van der Waals surface area (Å²) in [5, 5.41) is 14.2. The Morgan fingerprint density at radius 2 is 2.20 bits per heavy atom. The standard InChI is InChI=1S/C14H19N3O3/c1-2-14(6-3-7-14)9-16-11-5-4-10(13(15)18)8-12(11)17(19)20/h4-5,8,16H,2-3,6-7,9H2,1H3,(H2,15,18). The third kappa shape index (κ3) is 2.74. The highest BCUT2D eigenvalue weighted by molar-refractivity contribution is 5.94. The Kier molecular flexibility index (Phi) is 3.92. The molecule has 0 aliphatic heterocycles. The summed E-state index contributed by atoms with van der Waals surface area (Å²) in [5.74, 6) is -0.663. The first-order valence-corrected chi connectivity index (χ1v) is 6.79. The minimum Gasteiger partial charge on any atom is -0.379 e. The molecule has 108 valence electrons. The molecular weight excluding hydrogens is 258 g/mol. The van der Waals surface area contributed by atoms with Crippen molar-refractivity contribution in [3.05, 3.63) is 33.9 Å². The van der Waals surface area contributed by atoms with Gasteiger partial charge in [-0.3, -0.25) is 14.9 Å². The molecule has 3 N–H and O–H groups in total. The summed E-state index contributed by atoms with van der Waals surface area (Å²) < 4.78 is 0. The van der Waals surface area contributed by atoms with Crippen molar-refractivity contribution in [1.82, 2.24) is 0 Å². The van der Waals surface area contributed by atoms with Crippen molar-refractivity contribution in [3.63, 3.8) is 0 Å². The molecule has 1 aromatic carbocycles. The van der Waals surface area contributed by atoms with E-state index in [0.717, 1.165) is 25.8 Å². The summed E-state index contributed by atoms with van der Waals surface area (Å²) in [6.07, 6.45) is 4.60. The zero-order valence-corrected chi connectivity index (χ0v) is 11.5. The molecule has 1 saturated carbocycles. The van der Waals surface area contributed by atoms with Crippen molar-refractivity contribution >= 4 is 17.3 Å². The number of primary amides is 1. The van der Waals surface area contributed by atoms with Crippen LogP contribution in [0.3, 0.4) is 0 Å². The maximum Gasteiger partial charge on any atom is 0.293 e. The van der Waals surface area contributed by atoms with Gasteiger partial charge in [0.2, 0.25) is 5.91 Å². The summed E-state index contributed by atoms with van der Waals surface area (Å²) in [4.78, 5) is 21.7. The lowest BCUT2D eigenvalue weighted by molar-refractivity contribution is -0.384. The zero-order valence-electron chi connectivity index (χ0n) is 11.5. The lowest BCUT2D eigenvalue weighted by atomic mass is 9.67. The number of amides is 1. The second kappa shape index (κ2) is 5.48. The molecular formula is C14H19N3O3. The smallest absolute Gasteiger partial charge is 0.293 e.